The first-order chi connectivity index (χ1) is 24.5. The van der Waals surface area contributed by atoms with Gasteiger partial charge in [0.2, 0.25) is 5.91 Å². The van der Waals surface area contributed by atoms with Crippen LogP contribution in [0.5, 0.6) is 0 Å². The fourth-order valence-electron chi connectivity index (χ4n) is 2.04. The first kappa shape index (κ1) is 66.5. The second-order valence-corrected chi connectivity index (χ2v) is 12.3. The molecule has 0 aromatic rings. The normalized spacial score (nSPS) is 15.4. The molecule has 1 fully saturated rings. The van der Waals surface area contributed by atoms with Crippen LogP contribution in [-0.2, 0) is 55.4 Å². The van der Waals surface area contributed by atoms with E-state index in [1.54, 1.807) is 27.7 Å². The van der Waals surface area contributed by atoms with Crippen molar-refractivity contribution in [1.29, 1.82) is 0 Å². The van der Waals surface area contributed by atoms with Crippen molar-refractivity contribution in [3.05, 3.63) is 0 Å². The topological polar surface area (TPSA) is 472 Å². The Morgan fingerprint density at radius 3 is 1.00 bits per heavy atom. The molecule has 23 nitrogen and oxygen atoms in total. The molecule has 1 heterocycles. The van der Waals surface area contributed by atoms with Gasteiger partial charge in [-0.1, -0.05) is 27.7 Å². The fourth-order valence-corrected chi connectivity index (χ4v) is 2.36. The number of carbonyl (C=O) groups excluding carboxylic acids is 1. The number of nitrogens with one attached hydrogen (secondary N) is 1. The maximum Gasteiger partial charge on any atom is 0.321 e. The second-order valence-electron chi connectivity index (χ2n) is 11.5. The average Bonchev–Trinajstić information content (AvgIpc) is 3.63. The van der Waals surface area contributed by atoms with Crippen molar-refractivity contribution < 1.29 is 91.2 Å². The van der Waals surface area contributed by atoms with Gasteiger partial charge in [0.25, 0.3) is 0 Å². The van der Waals surface area contributed by atoms with Crippen molar-refractivity contribution in [2.24, 2.45) is 52.0 Å². The van der Waals surface area contributed by atoms with Crippen LogP contribution in [0.1, 0.15) is 60.3 Å². The van der Waals surface area contributed by atoms with Gasteiger partial charge in [0.05, 0.1) is 0 Å². The molecule has 55 heavy (non-hydrogen) atoms. The molecule has 1 radical (unpaired) electrons. The molecule has 0 spiro atoms. The zero-order valence-corrected chi connectivity index (χ0v) is 34.0. The Balaban J connectivity index is -0.0000000979. The Hall–Kier alpha value is -3.30. The summed E-state index contributed by atoms with van der Waals surface area (Å²) in [5.41, 5.74) is 34.8. The summed E-state index contributed by atoms with van der Waals surface area (Å²) in [4.78, 5) is 79.4. The number of rotatable bonds is 14. The minimum atomic E-state index is -1.11. The Kier molecular flexibility index (Phi) is 48.8. The molecule has 1 amide bonds. The molecule has 1 saturated heterocycles. The number of nitrogens with two attached hydrogens (primary N) is 7. The van der Waals surface area contributed by atoms with Crippen LogP contribution >= 0.6 is 25.3 Å². The minimum Gasteiger partial charge on any atom is -0.480 e. The average molecular weight is 891 g/mol. The van der Waals surface area contributed by atoms with Gasteiger partial charge in [-0.3, -0.25) is 38.4 Å². The van der Waals surface area contributed by atoms with E-state index in [9.17, 15) is 38.4 Å². The summed E-state index contributed by atoms with van der Waals surface area (Å²) in [5.74, 6) is -6.77. The number of thiol groups is 2. The molecule has 26 heteroatoms. The van der Waals surface area contributed by atoms with E-state index in [2.05, 4.69) is 30.6 Å². The van der Waals surface area contributed by atoms with Gasteiger partial charge in [0.1, 0.15) is 42.3 Å². The van der Waals surface area contributed by atoms with E-state index < -0.39 is 83.9 Å². The zero-order chi connectivity index (χ0) is 44.5. The van der Waals surface area contributed by atoms with Crippen LogP contribution in [0.3, 0.4) is 0 Å². The van der Waals surface area contributed by atoms with Crippen LogP contribution < -0.4 is 45.5 Å². The number of amides is 1. The van der Waals surface area contributed by atoms with Gasteiger partial charge in [0, 0.05) is 35.0 Å². The van der Waals surface area contributed by atoms with Gasteiger partial charge >= 0.3 is 41.8 Å². The zero-order valence-electron chi connectivity index (χ0n) is 31.3. The molecule has 0 saturated carbocycles. The summed E-state index contributed by atoms with van der Waals surface area (Å²) < 4.78 is 0. The summed E-state index contributed by atoms with van der Waals surface area (Å²) in [5, 5.41) is 59.8. The summed E-state index contributed by atoms with van der Waals surface area (Å²) >= 11 is 7.30. The van der Waals surface area contributed by atoms with Crippen molar-refractivity contribution >= 4 is 72.9 Å². The molecule has 0 bridgehead atoms. The third kappa shape index (κ3) is 50.7. The molecule has 0 aromatic carbocycles. The van der Waals surface area contributed by atoms with Crippen LogP contribution in [0.2, 0.25) is 0 Å². The van der Waals surface area contributed by atoms with E-state index >= 15 is 0 Å². The van der Waals surface area contributed by atoms with E-state index in [0.717, 1.165) is 19.4 Å². The van der Waals surface area contributed by atoms with E-state index in [0.29, 0.717) is 0 Å². The van der Waals surface area contributed by atoms with Gasteiger partial charge in [-0.05, 0) is 44.6 Å². The molecule has 1 aliphatic rings. The number of carboxylic acid groups (broad SMARTS) is 7. The van der Waals surface area contributed by atoms with Crippen molar-refractivity contribution in [2.45, 2.75) is 103 Å². The van der Waals surface area contributed by atoms with E-state index in [-0.39, 0.29) is 59.3 Å². The van der Waals surface area contributed by atoms with Crippen LogP contribution in [0, 0.1) is 11.8 Å². The maximum absolute atomic E-state index is 10.1. The Bertz CT molecular complexity index is 1050. The Morgan fingerprint density at radius 2 is 0.909 bits per heavy atom. The van der Waals surface area contributed by atoms with Crippen molar-refractivity contribution in [3.8, 4) is 0 Å². The van der Waals surface area contributed by atoms with E-state index in [1.165, 1.54) is 6.92 Å². The molecule has 0 aliphatic carbocycles. The standard InChI is InChI=1S/C5H10N2O3.C5H9NO2.2C5H11NO2.2C3H7NO2S.C3H7NO2.Cu/c6-3(5(9)10)1-2-4(7)8;7-5(8)4-2-1-3-6-4;2*1-3(2)4(6)5(7)8;2*4-2(1-7)3(5)6;1-2(4)3(5)6;/h3H,1-2,6H2,(H2,7,8)(H,9,10);4,6H,1-3H2,(H,7,8);2*3-4H,6H2,1-2H3,(H,7,8);2*2,7H,1,4H2,(H,5,6);2H,4H2,1H3,(H,5,6);/t3-;3*4-;3*2-;/m0000000./s1. The second kappa shape index (κ2) is 40.4. The summed E-state index contributed by atoms with van der Waals surface area (Å²) in [6.45, 7) is 9.38. The van der Waals surface area contributed by atoms with Crippen LogP contribution in [-0.4, -0.2) is 144 Å². The molecule has 0 aromatic heterocycles. The van der Waals surface area contributed by atoms with E-state index in [4.69, 9.17) is 75.9 Å². The van der Waals surface area contributed by atoms with Crippen molar-refractivity contribution in [2.75, 3.05) is 18.1 Å². The van der Waals surface area contributed by atoms with Gasteiger partial charge in [-0.15, -0.1) is 0 Å². The Labute approximate surface area is 341 Å². The molecule has 1 aliphatic heterocycles. The van der Waals surface area contributed by atoms with Crippen LogP contribution in [0.25, 0.3) is 0 Å². The van der Waals surface area contributed by atoms with Gasteiger partial charge in [-0.25, -0.2) is 0 Å². The number of hydrogen-bond acceptors (Lipinski definition) is 17. The smallest absolute Gasteiger partial charge is 0.321 e. The molecule has 22 N–H and O–H groups in total. The largest absolute Gasteiger partial charge is 0.480 e. The Morgan fingerprint density at radius 1 is 0.600 bits per heavy atom. The molecule has 331 valence electrons. The third-order valence-electron chi connectivity index (χ3n) is 5.80. The molecular weight excluding hydrogens is 828 g/mol. The predicted octanol–water partition coefficient (Wildman–Crippen LogP) is -3.33. The van der Waals surface area contributed by atoms with Gasteiger partial charge in [-0.2, -0.15) is 25.3 Å². The number of carbonyl (C=O) groups is 8. The quantitative estimate of drug-likeness (QED) is 0.0599. The van der Waals surface area contributed by atoms with Gasteiger partial charge < -0.3 is 81.2 Å². The number of primary amides is 1. The monoisotopic (exact) mass is 889 g/mol. The van der Waals surface area contributed by atoms with E-state index in [1.807, 2.05) is 0 Å². The maximum atomic E-state index is 10.1. The first-order valence-electron chi connectivity index (χ1n) is 15.8. The van der Waals surface area contributed by atoms with Crippen LogP contribution in [0.15, 0.2) is 0 Å². The number of hydrogen-bond donors (Lipinski definition) is 17. The summed E-state index contributed by atoms with van der Waals surface area (Å²) in [6.07, 6.45) is 1.91. The van der Waals surface area contributed by atoms with Crippen LogP contribution in [0.4, 0.5) is 0 Å². The summed E-state index contributed by atoms with van der Waals surface area (Å²) in [7, 11) is 0. The predicted molar refractivity (Wildman–Crippen MR) is 204 cm³/mol. The molecule has 1 rings (SSSR count). The minimum absolute atomic E-state index is 0. The van der Waals surface area contributed by atoms with Gasteiger partial charge in [0.15, 0.2) is 0 Å². The van der Waals surface area contributed by atoms with Crippen molar-refractivity contribution in [3.63, 3.8) is 0 Å². The molecule has 0 unspecified atom stereocenters. The molecule has 7 atom stereocenters. The summed E-state index contributed by atoms with van der Waals surface area (Å²) in [6, 6.07) is -5.04. The fraction of sp³-hybridized carbons (Fsp3) is 0.724. The first-order valence-corrected chi connectivity index (χ1v) is 17.1. The SMILES string of the molecule is CC(C)[C@H](N)C(=O)O.CC(C)[C@H](N)C(=O)O.C[C@H](N)C(=O)O.NC(=O)CC[C@H](N)C(=O)O.N[C@@H](CS)C(=O)O.N[C@@H](CS)C(=O)O.O=C(O)[C@@H]1CCCN1.[Cu]. The number of carboxylic acids is 7. The molecular formula is C29H62CuN8O15S2. The van der Waals surface area contributed by atoms with Crippen molar-refractivity contribution in [1.82, 2.24) is 5.32 Å². The number of aliphatic carboxylic acids is 7. The third-order valence-corrected chi connectivity index (χ3v) is 6.59.